The summed E-state index contributed by atoms with van der Waals surface area (Å²) in [6, 6.07) is 4.93. The van der Waals surface area contributed by atoms with E-state index in [0.717, 1.165) is 18.2 Å². The van der Waals surface area contributed by atoms with Crippen molar-refractivity contribution in [2.24, 2.45) is 0 Å². The number of thiazole rings is 1. The van der Waals surface area contributed by atoms with E-state index >= 15 is 0 Å². The molecule has 1 aliphatic heterocycles. The van der Waals surface area contributed by atoms with E-state index in [-0.39, 0.29) is 18.0 Å². The van der Waals surface area contributed by atoms with Gasteiger partial charge in [-0.05, 0) is 17.7 Å². The molecule has 0 spiro atoms. The van der Waals surface area contributed by atoms with Crippen LogP contribution in [-0.2, 0) is 16.0 Å². The SMILES string of the molecule is O=C(Cc1ccc(Cl)c(Cl)c1)NNC(=O)c1csc(N2CCOCC2)n1. The number of benzene rings is 1. The molecular weight excluding hydrogens is 399 g/mol. The smallest absolute Gasteiger partial charge is 0.289 e. The van der Waals surface area contributed by atoms with Gasteiger partial charge >= 0.3 is 0 Å². The Kier molecular flexibility index (Phi) is 6.31. The van der Waals surface area contributed by atoms with Crippen LogP contribution in [0.2, 0.25) is 10.0 Å². The topological polar surface area (TPSA) is 83.6 Å². The lowest BCUT2D eigenvalue weighted by Gasteiger charge is -2.25. The summed E-state index contributed by atoms with van der Waals surface area (Å²) >= 11 is 13.1. The van der Waals surface area contributed by atoms with Gasteiger partial charge in [0.1, 0.15) is 5.69 Å². The van der Waals surface area contributed by atoms with Crippen molar-refractivity contribution in [1.82, 2.24) is 15.8 Å². The Morgan fingerprint density at radius 2 is 1.96 bits per heavy atom. The zero-order chi connectivity index (χ0) is 18.5. The third kappa shape index (κ3) is 4.85. The van der Waals surface area contributed by atoms with E-state index in [1.54, 1.807) is 23.6 Å². The van der Waals surface area contributed by atoms with E-state index in [1.807, 2.05) is 0 Å². The summed E-state index contributed by atoms with van der Waals surface area (Å²) < 4.78 is 5.30. The number of carbonyl (C=O) groups is 2. The molecule has 2 N–H and O–H groups in total. The average Bonchev–Trinajstić information content (AvgIpc) is 3.14. The molecule has 0 bridgehead atoms. The highest BCUT2D eigenvalue weighted by molar-refractivity contribution is 7.13. The van der Waals surface area contributed by atoms with Crippen molar-refractivity contribution < 1.29 is 14.3 Å². The van der Waals surface area contributed by atoms with Crippen LogP contribution in [0.5, 0.6) is 0 Å². The number of halogens is 2. The molecule has 0 atom stereocenters. The second kappa shape index (κ2) is 8.68. The summed E-state index contributed by atoms with van der Waals surface area (Å²) in [6.45, 7) is 2.78. The first-order valence-corrected chi connectivity index (χ1v) is 9.48. The van der Waals surface area contributed by atoms with Crippen LogP contribution in [0.3, 0.4) is 0 Å². The molecule has 1 saturated heterocycles. The largest absolute Gasteiger partial charge is 0.378 e. The van der Waals surface area contributed by atoms with Gasteiger partial charge in [-0.1, -0.05) is 29.3 Å². The van der Waals surface area contributed by atoms with Crippen LogP contribution in [0.1, 0.15) is 16.1 Å². The van der Waals surface area contributed by atoms with E-state index in [1.165, 1.54) is 11.3 Å². The number of anilines is 1. The molecule has 1 fully saturated rings. The van der Waals surface area contributed by atoms with E-state index in [9.17, 15) is 9.59 Å². The molecular formula is C16H16Cl2N4O3S. The Bertz CT molecular complexity index is 809. The zero-order valence-corrected chi connectivity index (χ0v) is 16.0. The summed E-state index contributed by atoms with van der Waals surface area (Å²) in [5, 5.41) is 3.22. The fourth-order valence-electron chi connectivity index (χ4n) is 2.34. The van der Waals surface area contributed by atoms with Gasteiger partial charge in [0.25, 0.3) is 5.91 Å². The van der Waals surface area contributed by atoms with Crippen LogP contribution >= 0.6 is 34.5 Å². The van der Waals surface area contributed by atoms with Crippen LogP contribution in [0, 0.1) is 0 Å². The first-order chi connectivity index (χ1) is 12.5. The Morgan fingerprint density at radius 3 is 2.69 bits per heavy atom. The molecule has 2 aromatic rings. The van der Waals surface area contributed by atoms with Crippen LogP contribution in [0.15, 0.2) is 23.6 Å². The van der Waals surface area contributed by atoms with E-state index in [0.29, 0.717) is 28.8 Å². The highest BCUT2D eigenvalue weighted by Gasteiger charge is 2.17. The maximum atomic E-state index is 12.1. The van der Waals surface area contributed by atoms with E-state index in [2.05, 4.69) is 20.7 Å². The Hall–Kier alpha value is -1.87. The summed E-state index contributed by atoms with van der Waals surface area (Å²) in [4.78, 5) is 30.5. The number of carbonyl (C=O) groups excluding carboxylic acids is 2. The van der Waals surface area contributed by atoms with E-state index in [4.69, 9.17) is 27.9 Å². The molecule has 0 radical (unpaired) electrons. The molecule has 1 aromatic carbocycles. The third-order valence-electron chi connectivity index (χ3n) is 3.67. The first kappa shape index (κ1) is 18.9. The van der Waals surface area contributed by atoms with Crippen molar-refractivity contribution in [3.63, 3.8) is 0 Å². The third-order valence-corrected chi connectivity index (χ3v) is 5.31. The minimum atomic E-state index is -0.469. The second-order valence-corrected chi connectivity index (χ2v) is 7.19. The highest BCUT2D eigenvalue weighted by Crippen LogP contribution is 2.23. The highest BCUT2D eigenvalue weighted by atomic mass is 35.5. The molecule has 7 nitrogen and oxygen atoms in total. The van der Waals surface area contributed by atoms with Gasteiger partial charge in [-0.3, -0.25) is 20.4 Å². The summed E-state index contributed by atoms with van der Waals surface area (Å²) in [7, 11) is 0. The predicted octanol–water partition coefficient (Wildman–Crippen LogP) is 2.29. The molecule has 26 heavy (non-hydrogen) atoms. The molecule has 10 heteroatoms. The van der Waals surface area contributed by atoms with Crippen molar-refractivity contribution in [3.8, 4) is 0 Å². The van der Waals surface area contributed by atoms with Gasteiger partial charge in [0, 0.05) is 18.5 Å². The lowest BCUT2D eigenvalue weighted by Crippen LogP contribution is -2.42. The minimum Gasteiger partial charge on any atom is -0.378 e. The quantitative estimate of drug-likeness (QED) is 0.749. The standard InChI is InChI=1S/C16H16Cl2N4O3S/c17-11-2-1-10(7-12(11)18)8-14(23)20-21-15(24)13-9-26-16(19-13)22-3-5-25-6-4-22/h1-2,7,9H,3-6,8H2,(H,20,23)(H,21,24). The van der Waals surface area contributed by atoms with Gasteiger partial charge in [-0.25, -0.2) is 4.98 Å². The van der Waals surface area contributed by atoms with Crippen LogP contribution in [0.4, 0.5) is 5.13 Å². The maximum absolute atomic E-state index is 12.1. The number of ether oxygens (including phenoxy) is 1. The number of nitrogens with one attached hydrogen (secondary N) is 2. The minimum absolute atomic E-state index is 0.0628. The number of hydrogen-bond acceptors (Lipinski definition) is 6. The number of morpholine rings is 1. The lowest BCUT2D eigenvalue weighted by molar-refractivity contribution is -0.121. The predicted molar refractivity (Wildman–Crippen MR) is 101 cm³/mol. The maximum Gasteiger partial charge on any atom is 0.289 e. The van der Waals surface area contributed by atoms with Crippen molar-refractivity contribution in [3.05, 3.63) is 44.9 Å². The van der Waals surface area contributed by atoms with Crippen molar-refractivity contribution in [2.45, 2.75) is 6.42 Å². The number of aromatic nitrogens is 1. The fraction of sp³-hybridized carbons (Fsp3) is 0.312. The second-order valence-electron chi connectivity index (χ2n) is 5.54. The number of rotatable bonds is 4. The van der Waals surface area contributed by atoms with E-state index < -0.39 is 5.91 Å². The number of hydrazine groups is 1. The zero-order valence-electron chi connectivity index (χ0n) is 13.6. The fourth-order valence-corrected chi connectivity index (χ4v) is 3.52. The van der Waals surface area contributed by atoms with Crippen molar-refractivity contribution in [1.29, 1.82) is 0 Å². The molecule has 3 rings (SSSR count). The lowest BCUT2D eigenvalue weighted by atomic mass is 10.1. The van der Waals surface area contributed by atoms with Gasteiger partial charge in [0.15, 0.2) is 5.13 Å². The molecule has 2 amide bonds. The Balaban J connectivity index is 1.51. The average molecular weight is 415 g/mol. The van der Waals surface area contributed by atoms with Crippen molar-refractivity contribution >= 4 is 51.5 Å². The Morgan fingerprint density at radius 1 is 1.19 bits per heavy atom. The van der Waals surface area contributed by atoms with Gasteiger partial charge in [-0.15, -0.1) is 11.3 Å². The van der Waals surface area contributed by atoms with Crippen LogP contribution < -0.4 is 15.8 Å². The molecule has 1 aliphatic rings. The number of hydrogen-bond donors (Lipinski definition) is 2. The number of amides is 2. The molecule has 0 saturated carbocycles. The monoisotopic (exact) mass is 414 g/mol. The van der Waals surface area contributed by atoms with Gasteiger partial charge in [0.2, 0.25) is 5.91 Å². The summed E-state index contributed by atoms with van der Waals surface area (Å²) in [5.41, 5.74) is 5.68. The molecule has 0 unspecified atom stereocenters. The van der Waals surface area contributed by atoms with Crippen molar-refractivity contribution in [2.75, 3.05) is 31.2 Å². The number of nitrogens with zero attached hydrogens (tertiary/aromatic N) is 2. The van der Waals surface area contributed by atoms with Gasteiger partial charge < -0.3 is 9.64 Å². The normalized spacial score (nSPS) is 14.2. The van der Waals surface area contributed by atoms with Crippen LogP contribution in [-0.4, -0.2) is 43.1 Å². The Labute approximate surface area is 164 Å². The van der Waals surface area contributed by atoms with Gasteiger partial charge in [0.05, 0.1) is 29.7 Å². The van der Waals surface area contributed by atoms with Gasteiger partial charge in [-0.2, -0.15) is 0 Å². The summed E-state index contributed by atoms with van der Waals surface area (Å²) in [6.07, 6.45) is 0.0628. The molecule has 2 heterocycles. The molecule has 138 valence electrons. The molecule has 0 aliphatic carbocycles. The first-order valence-electron chi connectivity index (χ1n) is 7.84. The van der Waals surface area contributed by atoms with Crippen LogP contribution in [0.25, 0.3) is 0 Å². The molecule has 1 aromatic heterocycles. The summed E-state index contributed by atoms with van der Waals surface area (Å²) in [5.74, 6) is -0.844.